The van der Waals surface area contributed by atoms with Gasteiger partial charge >= 0.3 is 5.97 Å². The molecule has 0 aliphatic carbocycles. The SMILES string of the molecule is COC(=O)CNC(=O)C1COc2ccc(NC(=O)c3cccc(C)c3)cc2C1. The number of rotatable bonds is 5. The average molecular weight is 382 g/mol. The van der Waals surface area contributed by atoms with Gasteiger partial charge in [-0.2, -0.15) is 0 Å². The smallest absolute Gasteiger partial charge is 0.325 e. The first-order valence-corrected chi connectivity index (χ1v) is 8.94. The molecule has 1 atom stereocenters. The van der Waals surface area contributed by atoms with Gasteiger partial charge in [-0.05, 0) is 49.2 Å². The molecule has 2 aromatic carbocycles. The van der Waals surface area contributed by atoms with Crippen molar-refractivity contribution in [1.82, 2.24) is 5.32 Å². The number of nitrogens with one attached hydrogen (secondary N) is 2. The first-order chi connectivity index (χ1) is 13.5. The topological polar surface area (TPSA) is 93.7 Å². The molecule has 2 aromatic rings. The number of amides is 2. The normalized spacial score (nSPS) is 15.0. The molecule has 0 aromatic heterocycles. The number of benzene rings is 2. The number of ether oxygens (including phenoxy) is 2. The summed E-state index contributed by atoms with van der Waals surface area (Å²) in [7, 11) is 1.26. The summed E-state index contributed by atoms with van der Waals surface area (Å²) in [6, 6.07) is 12.7. The zero-order valence-electron chi connectivity index (χ0n) is 15.8. The van der Waals surface area contributed by atoms with E-state index in [9.17, 15) is 14.4 Å². The first-order valence-electron chi connectivity index (χ1n) is 8.94. The molecule has 28 heavy (non-hydrogen) atoms. The van der Waals surface area contributed by atoms with Gasteiger partial charge in [0.15, 0.2) is 0 Å². The summed E-state index contributed by atoms with van der Waals surface area (Å²) >= 11 is 0. The van der Waals surface area contributed by atoms with Crippen LogP contribution in [0.15, 0.2) is 42.5 Å². The molecule has 0 bridgehead atoms. The number of hydrogen-bond donors (Lipinski definition) is 2. The Balaban J connectivity index is 1.66. The Bertz CT molecular complexity index is 909. The molecular formula is C21H22N2O5. The van der Waals surface area contributed by atoms with Crippen LogP contribution in [0.4, 0.5) is 5.69 Å². The number of hydrogen-bond acceptors (Lipinski definition) is 5. The summed E-state index contributed by atoms with van der Waals surface area (Å²) in [4.78, 5) is 35.8. The molecule has 1 aliphatic rings. The summed E-state index contributed by atoms with van der Waals surface area (Å²) in [5, 5.41) is 5.42. The van der Waals surface area contributed by atoms with Gasteiger partial charge in [-0.3, -0.25) is 14.4 Å². The van der Waals surface area contributed by atoms with Crippen LogP contribution < -0.4 is 15.4 Å². The van der Waals surface area contributed by atoms with Crippen molar-refractivity contribution in [2.75, 3.05) is 25.6 Å². The van der Waals surface area contributed by atoms with E-state index in [2.05, 4.69) is 15.4 Å². The molecule has 0 saturated heterocycles. The summed E-state index contributed by atoms with van der Waals surface area (Å²) in [6.07, 6.45) is 0.455. The molecule has 146 valence electrons. The fourth-order valence-corrected chi connectivity index (χ4v) is 3.01. The highest BCUT2D eigenvalue weighted by Gasteiger charge is 2.26. The van der Waals surface area contributed by atoms with E-state index in [-0.39, 0.29) is 25.0 Å². The third kappa shape index (κ3) is 4.68. The van der Waals surface area contributed by atoms with E-state index in [0.717, 1.165) is 11.1 Å². The van der Waals surface area contributed by atoms with Gasteiger partial charge in [0.05, 0.1) is 13.0 Å². The van der Waals surface area contributed by atoms with Crippen LogP contribution in [0, 0.1) is 12.8 Å². The third-order valence-electron chi connectivity index (χ3n) is 4.51. The van der Waals surface area contributed by atoms with E-state index in [1.165, 1.54) is 7.11 Å². The lowest BCUT2D eigenvalue weighted by Crippen LogP contribution is -2.39. The van der Waals surface area contributed by atoms with Gasteiger partial charge in [0.25, 0.3) is 5.91 Å². The lowest BCUT2D eigenvalue weighted by atomic mass is 9.95. The molecule has 7 heteroatoms. The van der Waals surface area contributed by atoms with Crippen LogP contribution in [-0.2, 0) is 20.7 Å². The predicted octanol–water partition coefficient (Wildman–Crippen LogP) is 2.09. The highest BCUT2D eigenvalue weighted by molar-refractivity contribution is 6.04. The highest BCUT2D eigenvalue weighted by Crippen LogP contribution is 2.30. The highest BCUT2D eigenvalue weighted by atomic mass is 16.5. The van der Waals surface area contributed by atoms with Crippen LogP contribution in [0.2, 0.25) is 0 Å². The first kappa shape index (κ1) is 19.4. The molecule has 1 heterocycles. The Hall–Kier alpha value is -3.35. The standard InChI is InChI=1S/C21H22N2O5/c1-13-4-3-5-14(8-13)21(26)23-17-6-7-18-15(10-17)9-16(12-28-18)20(25)22-11-19(24)27-2/h3-8,10,16H,9,11-12H2,1-2H3,(H,22,25)(H,23,26). The minimum atomic E-state index is -0.508. The zero-order valence-corrected chi connectivity index (χ0v) is 15.8. The summed E-state index contributed by atoms with van der Waals surface area (Å²) in [5.41, 5.74) is 3.04. The van der Waals surface area contributed by atoms with Crippen LogP contribution >= 0.6 is 0 Å². The van der Waals surface area contributed by atoms with Crippen molar-refractivity contribution in [1.29, 1.82) is 0 Å². The number of carbonyl (C=O) groups excluding carboxylic acids is 3. The molecule has 0 fully saturated rings. The van der Waals surface area contributed by atoms with Crippen molar-refractivity contribution in [2.45, 2.75) is 13.3 Å². The molecular weight excluding hydrogens is 360 g/mol. The maximum Gasteiger partial charge on any atom is 0.325 e. The van der Waals surface area contributed by atoms with Crippen LogP contribution in [-0.4, -0.2) is 38.0 Å². The Morgan fingerprint density at radius 2 is 2.00 bits per heavy atom. The van der Waals surface area contributed by atoms with E-state index in [1.807, 2.05) is 31.2 Å². The Morgan fingerprint density at radius 1 is 1.18 bits per heavy atom. The largest absolute Gasteiger partial charge is 0.492 e. The Labute approximate surface area is 163 Å². The van der Waals surface area contributed by atoms with E-state index in [0.29, 0.717) is 23.4 Å². The van der Waals surface area contributed by atoms with Crippen molar-refractivity contribution in [2.24, 2.45) is 5.92 Å². The summed E-state index contributed by atoms with van der Waals surface area (Å²) < 4.78 is 10.2. The van der Waals surface area contributed by atoms with Gasteiger partial charge in [0, 0.05) is 11.3 Å². The zero-order chi connectivity index (χ0) is 20.1. The van der Waals surface area contributed by atoms with Gasteiger partial charge in [-0.25, -0.2) is 0 Å². The Morgan fingerprint density at radius 3 is 2.75 bits per heavy atom. The third-order valence-corrected chi connectivity index (χ3v) is 4.51. The molecule has 0 saturated carbocycles. The number of esters is 1. The average Bonchev–Trinajstić information content (AvgIpc) is 2.71. The second-order valence-electron chi connectivity index (χ2n) is 6.65. The number of methoxy groups -OCH3 is 1. The van der Waals surface area contributed by atoms with Gasteiger partial charge in [-0.1, -0.05) is 17.7 Å². The van der Waals surface area contributed by atoms with Crippen molar-refractivity contribution in [3.8, 4) is 5.75 Å². The van der Waals surface area contributed by atoms with Crippen molar-refractivity contribution in [3.05, 3.63) is 59.2 Å². The van der Waals surface area contributed by atoms with E-state index >= 15 is 0 Å². The van der Waals surface area contributed by atoms with Gasteiger partial charge in [0.1, 0.15) is 18.9 Å². The van der Waals surface area contributed by atoms with Crippen molar-refractivity contribution < 1.29 is 23.9 Å². The molecule has 1 unspecified atom stereocenters. The fourth-order valence-electron chi connectivity index (χ4n) is 3.01. The Kier molecular flexibility index (Phi) is 5.93. The van der Waals surface area contributed by atoms with Crippen LogP contribution in [0.3, 0.4) is 0 Å². The minimum absolute atomic E-state index is 0.175. The van der Waals surface area contributed by atoms with E-state index < -0.39 is 11.9 Å². The number of aryl methyl sites for hydroxylation is 1. The van der Waals surface area contributed by atoms with Crippen molar-refractivity contribution in [3.63, 3.8) is 0 Å². The lowest BCUT2D eigenvalue weighted by Gasteiger charge is -2.25. The molecule has 7 nitrogen and oxygen atoms in total. The van der Waals surface area contributed by atoms with E-state index in [4.69, 9.17) is 4.74 Å². The second-order valence-corrected chi connectivity index (χ2v) is 6.65. The molecule has 0 radical (unpaired) electrons. The van der Waals surface area contributed by atoms with Crippen LogP contribution in [0.25, 0.3) is 0 Å². The lowest BCUT2D eigenvalue weighted by molar-refractivity contribution is -0.141. The van der Waals surface area contributed by atoms with E-state index in [1.54, 1.807) is 18.2 Å². The second kappa shape index (κ2) is 8.56. The summed E-state index contributed by atoms with van der Waals surface area (Å²) in [6.45, 7) is 1.98. The van der Waals surface area contributed by atoms with Gasteiger partial charge < -0.3 is 20.1 Å². The molecule has 3 rings (SSSR count). The summed E-state index contributed by atoms with van der Waals surface area (Å²) in [5.74, 6) is -0.713. The monoisotopic (exact) mass is 382 g/mol. The number of fused-ring (bicyclic) bond motifs is 1. The minimum Gasteiger partial charge on any atom is -0.492 e. The predicted molar refractivity (Wildman–Crippen MR) is 103 cm³/mol. The molecule has 2 N–H and O–H groups in total. The van der Waals surface area contributed by atoms with Crippen molar-refractivity contribution >= 4 is 23.5 Å². The fraction of sp³-hybridized carbons (Fsp3) is 0.286. The van der Waals surface area contributed by atoms with Gasteiger partial charge in [0.2, 0.25) is 5.91 Å². The van der Waals surface area contributed by atoms with Crippen LogP contribution in [0.5, 0.6) is 5.75 Å². The van der Waals surface area contributed by atoms with Gasteiger partial charge in [-0.15, -0.1) is 0 Å². The number of anilines is 1. The maximum absolute atomic E-state index is 12.4. The molecule has 2 amide bonds. The maximum atomic E-state index is 12.4. The molecule has 1 aliphatic heterocycles. The van der Waals surface area contributed by atoms with Crippen LogP contribution in [0.1, 0.15) is 21.5 Å². The molecule has 0 spiro atoms. The number of carbonyl (C=O) groups is 3. The quantitative estimate of drug-likeness (QED) is 0.773.